The number of urea groups is 1. The highest BCUT2D eigenvalue weighted by atomic mass is 16.3. The molecule has 1 fully saturated rings. The van der Waals surface area contributed by atoms with E-state index in [9.17, 15) is 9.59 Å². The molecule has 1 aliphatic heterocycles. The van der Waals surface area contributed by atoms with Crippen LogP contribution in [-0.2, 0) is 0 Å². The average molecular weight is 352 g/mol. The number of carbonyl (C=O) groups is 1. The molecule has 1 aliphatic rings. The summed E-state index contributed by atoms with van der Waals surface area (Å²) in [5.74, 6) is 0.807. The zero-order valence-electron chi connectivity index (χ0n) is 14.3. The van der Waals surface area contributed by atoms with E-state index in [4.69, 9.17) is 8.83 Å². The molecule has 0 saturated carbocycles. The number of furan rings is 1. The SMILES string of the molecule is O=C(Nc1ccc2occc(=O)c2c1)N1CCCCCC1c1ccco1. The summed E-state index contributed by atoms with van der Waals surface area (Å²) in [6.45, 7) is 0.674. The van der Waals surface area contributed by atoms with E-state index in [2.05, 4.69) is 5.32 Å². The molecule has 3 heterocycles. The summed E-state index contributed by atoms with van der Waals surface area (Å²) in [7, 11) is 0. The molecule has 6 heteroatoms. The molecule has 4 rings (SSSR count). The van der Waals surface area contributed by atoms with Crippen molar-refractivity contribution in [2.24, 2.45) is 0 Å². The quantitative estimate of drug-likeness (QED) is 0.735. The van der Waals surface area contributed by atoms with Gasteiger partial charge in [-0.25, -0.2) is 4.79 Å². The van der Waals surface area contributed by atoms with E-state index in [-0.39, 0.29) is 17.5 Å². The van der Waals surface area contributed by atoms with Crippen molar-refractivity contribution in [2.75, 3.05) is 11.9 Å². The van der Waals surface area contributed by atoms with Crippen LogP contribution in [0.5, 0.6) is 0 Å². The van der Waals surface area contributed by atoms with Gasteiger partial charge in [-0.2, -0.15) is 0 Å². The molecule has 3 aromatic rings. The minimum Gasteiger partial charge on any atom is -0.467 e. The largest absolute Gasteiger partial charge is 0.467 e. The molecule has 1 aromatic carbocycles. The highest BCUT2D eigenvalue weighted by Crippen LogP contribution is 2.31. The number of hydrogen-bond acceptors (Lipinski definition) is 4. The number of rotatable bonds is 2. The standard InChI is InChI=1S/C20H20N2O4/c23-17-9-12-26-18-8-7-14(13-15(17)18)21-20(24)22-10-3-1-2-5-16(22)19-6-4-11-25-19/h4,6-9,11-13,16H,1-3,5,10H2,(H,21,24). The van der Waals surface area contributed by atoms with Gasteiger partial charge in [0.1, 0.15) is 11.3 Å². The molecule has 1 N–H and O–H groups in total. The Labute approximate surface area is 150 Å². The third-order valence-electron chi connectivity index (χ3n) is 4.80. The maximum absolute atomic E-state index is 12.9. The Kier molecular flexibility index (Phi) is 4.48. The van der Waals surface area contributed by atoms with Crippen LogP contribution in [-0.4, -0.2) is 17.5 Å². The summed E-state index contributed by atoms with van der Waals surface area (Å²) in [6, 6.07) is 9.96. The summed E-state index contributed by atoms with van der Waals surface area (Å²) in [6.07, 6.45) is 7.01. The number of benzene rings is 1. The van der Waals surface area contributed by atoms with E-state index < -0.39 is 0 Å². The fourth-order valence-corrected chi connectivity index (χ4v) is 3.49. The lowest BCUT2D eigenvalue weighted by atomic mass is 10.1. The Morgan fingerprint density at radius 2 is 2.00 bits per heavy atom. The van der Waals surface area contributed by atoms with Crippen LogP contribution in [0.15, 0.2) is 62.6 Å². The van der Waals surface area contributed by atoms with Gasteiger partial charge in [0.15, 0.2) is 5.43 Å². The van der Waals surface area contributed by atoms with Gasteiger partial charge in [0.25, 0.3) is 0 Å². The third-order valence-corrected chi connectivity index (χ3v) is 4.80. The minimum atomic E-state index is -0.187. The number of hydrogen-bond donors (Lipinski definition) is 1. The molecule has 0 radical (unpaired) electrons. The first-order chi connectivity index (χ1) is 12.7. The minimum absolute atomic E-state index is 0.0713. The van der Waals surface area contributed by atoms with E-state index in [1.54, 1.807) is 24.5 Å². The molecule has 134 valence electrons. The smallest absolute Gasteiger partial charge is 0.322 e. The van der Waals surface area contributed by atoms with Gasteiger partial charge < -0.3 is 19.1 Å². The molecule has 0 spiro atoms. The van der Waals surface area contributed by atoms with Crippen LogP contribution < -0.4 is 10.7 Å². The molecule has 26 heavy (non-hydrogen) atoms. The van der Waals surface area contributed by atoms with Crippen molar-refractivity contribution in [1.82, 2.24) is 4.90 Å². The zero-order chi connectivity index (χ0) is 17.9. The molecule has 2 amide bonds. The lowest BCUT2D eigenvalue weighted by molar-refractivity contribution is 0.179. The first-order valence-corrected chi connectivity index (χ1v) is 8.85. The molecular weight excluding hydrogens is 332 g/mol. The molecule has 0 aliphatic carbocycles. The molecule has 1 unspecified atom stereocenters. The third kappa shape index (κ3) is 3.22. The molecule has 1 atom stereocenters. The number of nitrogens with one attached hydrogen (secondary N) is 1. The summed E-state index contributed by atoms with van der Waals surface area (Å²) in [5, 5.41) is 3.36. The predicted molar refractivity (Wildman–Crippen MR) is 98.1 cm³/mol. The fourth-order valence-electron chi connectivity index (χ4n) is 3.49. The van der Waals surface area contributed by atoms with Crippen molar-refractivity contribution in [3.63, 3.8) is 0 Å². The van der Waals surface area contributed by atoms with Gasteiger partial charge in [0, 0.05) is 18.3 Å². The molecule has 0 bridgehead atoms. The Hall–Kier alpha value is -3.02. The first-order valence-electron chi connectivity index (χ1n) is 8.85. The number of nitrogens with zero attached hydrogens (tertiary/aromatic N) is 1. The summed E-state index contributed by atoms with van der Waals surface area (Å²) >= 11 is 0. The lowest BCUT2D eigenvalue weighted by Crippen LogP contribution is -2.37. The number of carbonyl (C=O) groups excluding carboxylic acids is 1. The second-order valence-electron chi connectivity index (χ2n) is 6.50. The average Bonchev–Trinajstić information content (AvgIpc) is 3.06. The van der Waals surface area contributed by atoms with Crippen LogP contribution in [0, 0.1) is 0 Å². The van der Waals surface area contributed by atoms with Gasteiger partial charge >= 0.3 is 6.03 Å². The molecule has 1 saturated heterocycles. The maximum Gasteiger partial charge on any atom is 0.322 e. The van der Waals surface area contributed by atoms with Gasteiger partial charge in [-0.15, -0.1) is 0 Å². The molecule has 2 aromatic heterocycles. The highest BCUT2D eigenvalue weighted by Gasteiger charge is 2.28. The number of likely N-dealkylation sites (tertiary alicyclic amines) is 1. The van der Waals surface area contributed by atoms with Crippen LogP contribution in [0.2, 0.25) is 0 Å². The van der Waals surface area contributed by atoms with Crippen molar-refractivity contribution in [2.45, 2.75) is 31.7 Å². The Bertz CT molecular complexity index is 961. The van der Waals surface area contributed by atoms with Crippen molar-refractivity contribution in [3.8, 4) is 0 Å². The van der Waals surface area contributed by atoms with Gasteiger partial charge in [-0.3, -0.25) is 4.79 Å². The summed E-state index contributed by atoms with van der Waals surface area (Å²) < 4.78 is 10.9. The van der Waals surface area contributed by atoms with E-state index >= 15 is 0 Å². The highest BCUT2D eigenvalue weighted by molar-refractivity contribution is 5.92. The van der Waals surface area contributed by atoms with Crippen LogP contribution in [0.25, 0.3) is 11.0 Å². The predicted octanol–water partition coefficient (Wildman–Crippen LogP) is 4.54. The number of amides is 2. The second kappa shape index (κ2) is 7.07. The van der Waals surface area contributed by atoms with E-state index in [1.807, 2.05) is 17.0 Å². The van der Waals surface area contributed by atoms with E-state index in [0.717, 1.165) is 31.4 Å². The Morgan fingerprint density at radius 3 is 2.85 bits per heavy atom. The van der Waals surface area contributed by atoms with Crippen LogP contribution >= 0.6 is 0 Å². The summed E-state index contributed by atoms with van der Waals surface area (Å²) in [4.78, 5) is 26.7. The Balaban J connectivity index is 1.59. The van der Waals surface area contributed by atoms with Gasteiger partial charge in [0.2, 0.25) is 0 Å². The monoisotopic (exact) mass is 352 g/mol. The van der Waals surface area contributed by atoms with Crippen molar-refractivity contribution >= 4 is 22.7 Å². The zero-order valence-corrected chi connectivity index (χ0v) is 14.3. The Morgan fingerprint density at radius 1 is 1.08 bits per heavy atom. The van der Waals surface area contributed by atoms with Crippen LogP contribution in [0.3, 0.4) is 0 Å². The van der Waals surface area contributed by atoms with Gasteiger partial charge in [-0.1, -0.05) is 12.8 Å². The van der Waals surface area contributed by atoms with Crippen molar-refractivity contribution in [1.29, 1.82) is 0 Å². The summed E-state index contributed by atoms with van der Waals surface area (Å²) in [5.41, 5.74) is 0.938. The van der Waals surface area contributed by atoms with Gasteiger partial charge in [-0.05, 0) is 43.2 Å². The number of anilines is 1. The topological polar surface area (TPSA) is 75.7 Å². The van der Waals surface area contributed by atoms with Crippen LogP contribution in [0.4, 0.5) is 10.5 Å². The second-order valence-corrected chi connectivity index (χ2v) is 6.50. The van der Waals surface area contributed by atoms with Gasteiger partial charge in [0.05, 0.1) is 24.0 Å². The molecular formula is C20H20N2O4. The maximum atomic E-state index is 12.9. The first kappa shape index (κ1) is 16.4. The van der Waals surface area contributed by atoms with Crippen molar-refractivity contribution in [3.05, 3.63) is 64.9 Å². The van der Waals surface area contributed by atoms with E-state index in [1.165, 1.54) is 12.3 Å². The van der Waals surface area contributed by atoms with Crippen molar-refractivity contribution < 1.29 is 13.6 Å². The lowest BCUT2D eigenvalue weighted by Gasteiger charge is -2.28. The van der Waals surface area contributed by atoms with Crippen LogP contribution in [0.1, 0.15) is 37.5 Å². The van der Waals surface area contributed by atoms with E-state index in [0.29, 0.717) is 23.2 Å². The normalized spacial score (nSPS) is 17.8. The number of fused-ring (bicyclic) bond motifs is 1. The molecule has 6 nitrogen and oxygen atoms in total. The fraction of sp³-hybridized carbons (Fsp3) is 0.300.